The Hall–Kier alpha value is -0.313. The molecule has 0 aliphatic carbocycles. The Bertz CT molecular complexity index is 251. The highest BCUT2D eigenvalue weighted by Crippen LogP contribution is 2.07. The zero-order valence-electron chi connectivity index (χ0n) is 9.65. The van der Waals surface area contributed by atoms with Crippen LogP contribution in [0, 0.1) is 0 Å². The molecule has 15 heavy (non-hydrogen) atoms. The smallest absolute Gasteiger partial charge is 0.0529 e. The third kappa shape index (κ3) is 5.98. The molecule has 0 saturated carbocycles. The first-order valence-corrected chi connectivity index (χ1v) is 8.13. The summed E-state index contributed by atoms with van der Waals surface area (Å²) in [7, 11) is -0.639. The number of benzene rings is 1. The minimum atomic E-state index is -0.639. The first kappa shape index (κ1) is 14.7. The zero-order chi connectivity index (χ0) is 10.4. The molecule has 0 aromatic heterocycles. The molecule has 0 heterocycles. The Morgan fingerprint density at radius 2 is 1.87 bits per heavy atom. The number of hydrogen-bond donors (Lipinski definition) is 1. The largest absolute Gasteiger partial charge is 0.331 e. The molecule has 0 radical (unpaired) electrons. The number of rotatable bonds is 5. The third-order valence-corrected chi connectivity index (χ3v) is 5.98. The lowest BCUT2D eigenvalue weighted by Crippen LogP contribution is -2.32. The van der Waals surface area contributed by atoms with Crippen molar-refractivity contribution in [3.05, 3.63) is 35.9 Å². The lowest BCUT2D eigenvalue weighted by Gasteiger charge is -2.13. The van der Waals surface area contributed by atoms with Crippen LogP contribution >= 0.6 is 12.4 Å². The molecule has 2 unspecified atom stereocenters. The normalized spacial score (nSPS) is 14.1. The first-order valence-electron chi connectivity index (χ1n) is 5.49. The van der Waals surface area contributed by atoms with Gasteiger partial charge in [-0.05, 0) is 17.6 Å². The van der Waals surface area contributed by atoms with E-state index in [4.69, 9.17) is 5.73 Å². The predicted molar refractivity (Wildman–Crippen MR) is 73.5 cm³/mol. The van der Waals surface area contributed by atoms with Crippen LogP contribution < -0.4 is 5.73 Å². The minimum Gasteiger partial charge on any atom is -0.331 e. The third-order valence-electron chi connectivity index (χ3n) is 2.87. The molecule has 0 fully saturated rings. The van der Waals surface area contributed by atoms with Gasteiger partial charge in [-0.25, -0.2) is 0 Å². The van der Waals surface area contributed by atoms with Crippen molar-refractivity contribution >= 4 is 21.2 Å². The molecule has 2 atom stereocenters. The molecule has 1 aromatic carbocycles. The van der Waals surface area contributed by atoms with E-state index in [0.29, 0.717) is 5.67 Å². The fourth-order valence-electron chi connectivity index (χ4n) is 1.54. The van der Waals surface area contributed by atoms with Gasteiger partial charge in [0.15, 0.2) is 0 Å². The minimum absolute atomic E-state index is 0. The van der Waals surface area contributed by atoms with Crippen LogP contribution in [0.3, 0.4) is 0 Å². The Morgan fingerprint density at radius 3 is 2.40 bits per heavy atom. The summed E-state index contributed by atoms with van der Waals surface area (Å²) in [4.78, 5) is 0. The molecule has 1 rings (SSSR count). The lowest BCUT2D eigenvalue weighted by molar-refractivity contribution is 0.881. The monoisotopic (exact) mass is 243 g/mol. The van der Waals surface area contributed by atoms with Crippen molar-refractivity contribution in [2.45, 2.75) is 38.0 Å². The van der Waals surface area contributed by atoms with Crippen molar-refractivity contribution in [2.75, 3.05) is 0 Å². The van der Waals surface area contributed by atoms with Gasteiger partial charge in [-0.1, -0.05) is 56.3 Å². The Labute approximate surface area is 101 Å². The van der Waals surface area contributed by atoms with Crippen molar-refractivity contribution in [3.8, 4) is 0 Å². The van der Waals surface area contributed by atoms with Crippen LogP contribution in [0.1, 0.15) is 18.9 Å². The first-order chi connectivity index (χ1) is 6.70. The number of aryl methyl sites for hydroxylation is 1. The molecule has 0 aliphatic rings. The van der Waals surface area contributed by atoms with Gasteiger partial charge < -0.3 is 5.73 Å². The molecule has 0 aliphatic heterocycles. The van der Waals surface area contributed by atoms with Gasteiger partial charge in [-0.15, -0.1) is 12.4 Å². The molecule has 0 amide bonds. The summed E-state index contributed by atoms with van der Waals surface area (Å²) in [5, 5.41) is 0. The van der Waals surface area contributed by atoms with E-state index in [-0.39, 0.29) is 12.4 Å². The maximum absolute atomic E-state index is 5.88. The highest BCUT2D eigenvalue weighted by atomic mass is 35.5. The van der Waals surface area contributed by atoms with Gasteiger partial charge in [0.05, 0.1) is 8.80 Å². The highest BCUT2D eigenvalue weighted by molar-refractivity contribution is 6.58. The Kier molecular flexibility index (Phi) is 7.75. The maximum atomic E-state index is 5.88. The van der Waals surface area contributed by atoms with Crippen LogP contribution in [-0.2, 0) is 6.42 Å². The molecule has 1 aromatic rings. The molecule has 0 bridgehead atoms. The predicted octanol–water partition coefficient (Wildman–Crippen LogP) is 2.78. The number of hydrogen-bond acceptors (Lipinski definition) is 1. The van der Waals surface area contributed by atoms with E-state index in [1.807, 2.05) is 0 Å². The fraction of sp³-hybridized carbons (Fsp3) is 0.500. The fourth-order valence-corrected chi connectivity index (χ4v) is 2.91. The van der Waals surface area contributed by atoms with E-state index in [2.05, 4.69) is 43.8 Å². The molecular weight excluding hydrogens is 222 g/mol. The van der Waals surface area contributed by atoms with Crippen LogP contribution in [0.25, 0.3) is 0 Å². The number of nitrogens with two attached hydrogens (primary N) is 1. The van der Waals surface area contributed by atoms with E-state index >= 15 is 0 Å². The maximum Gasteiger partial charge on any atom is 0.0529 e. The van der Waals surface area contributed by atoms with E-state index in [9.17, 15) is 0 Å². The quantitative estimate of drug-likeness (QED) is 0.791. The molecule has 2 N–H and O–H groups in total. The van der Waals surface area contributed by atoms with Crippen LogP contribution in [-0.4, -0.2) is 14.5 Å². The highest BCUT2D eigenvalue weighted by Gasteiger charge is 2.08. The van der Waals surface area contributed by atoms with Crippen LogP contribution in [0.15, 0.2) is 30.3 Å². The van der Waals surface area contributed by atoms with Crippen molar-refractivity contribution < 1.29 is 0 Å². The lowest BCUT2D eigenvalue weighted by atomic mass is 10.1. The van der Waals surface area contributed by atoms with Gasteiger partial charge in [-0.3, -0.25) is 0 Å². The zero-order valence-corrected chi connectivity index (χ0v) is 11.6. The second-order valence-corrected chi connectivity index (χ2v) is 7.80. The van der Waals surface area contributed by atoms with E-state index < -0.39 is 8.80 Å². The standard InChI is InChI=1S/C12H21NSi.ClH/c1-11(13)14(2)10-6-9-12-7-4-3-5-8-12;/h3-5,7-8,11,14H,6,9-10,13H2,1-2H3;1H. The van der Waals surface area contributed by atoms with E-state index in [0.717, 1.165) is 0 Å². The van der Waals surface area contributed by atoms with Gasteiger partial charge in [0.1, 0.15) is 0 Å². The van der Waals surface area contributed by atoms with Gasteiger partial charge in [0.25, 0.3) is 0 Å². The molecular formula is C12H22ClNSi. The molecule has 1 nitrogen and oxygen atoms in total. The molecule has 86 valence electrons. The second kappa shape index (κ2) is 7.91. The van der Waals surface area contributed by atoms with Crippen LogP contribution in [0.5, 0.6) is 0 Å². The summed E-state index contributed by atoms with van der Waals surface area (Å²) in [6, 6.07) is 12.1. The Balaban J connectivity index is 0.00000196. The van der Waals surface area contributed by atoms with Crippen LogP contribution in [0.4, 0.5) is 0 Å². The van der Waals surface area contributed by atoms with Crippen molar-refractivity contribution in [1.29, 1.82) is 0 Å². The van der Waals surface area contributed by atoms with Gasteiger partial charge in [-0.2, -0.15) is 0 Å². The van der Waals surface area contributed by atoms with E-state index in [1.54, 1.807) is 0 Å². The van der Waals surface area contributed by atoms with E-state index in [1.165, 1.54) is 24.4 Å². The summed E-state index contributed by atoms with van der Waals surface area (Å²) in [6.45, 7) is 4.52. The second-order valence-electron chi connectivity index (χ2n) is 4.21. The summed E-state index contributed by atoms with van der Waals surface area (Å²) in [5.41, 5.74) is 7.80. The van der Waals surface area contributed by atoms with Gasteiger partial charge >= 0.3 is 0 Å². The molecule has 3 heteroatoms. The average molecular weight is 244 g/mol. The summed E-state index contributed by atoms with van der Waals surface area (Å²) >= 11 is 0. The van der Waals surface area contributed by atoms with Crippen LogP contribution in [0.2, 0.25) is 12.6 Å². The topological polar surface area (TPSA) is 26.0 Å². The van der Waals surface area contributed by atoms with Crippen molar-refractivity contribution in [3.63, 3.8) is 0 Å². The summed E-state index contributed by atoms with van der Waals surface area (Å²) in [5.74, 6) is 0. The molecule has 0 spiro atoms. The molecule has 0 saturated heterocycles. The van der Waals surface area contributed by atoms with Crippen molar-refractivity contribution in [2.24, 2.45) is 5.73 Å². The van der Waals surface area contributed by atoms with Gasteiger partial charge in [0.2, 0.25) is 0 Å². The SMILES string of the molecule is CC(N)[SiH](C)CCCc1ccccc1.Cl. The van der Waals surface area contributed by atoms with Gasteiger partial charge in [0, 0.05) is 0 Å². The summed E-state index contributed by atoms with van der Waals surface area (Å²) in [6.07, 6.45) is 2.52. The average Bonchev–Trinajstić information content (AvgIpc) is 2.19. The van der Waals surface area contributed by atoms with Crippen molar-refractivity contribution in [1.82, 2.24) is 0 Å². The number of halogens is 1. The summed E-state index contributed by atoms with van der Waals surface area (Å²) < 4.78 is 0. The Morgan fingerprint density at radius 1 is 1.27 bits per heavy atom.